The maximum absolute atomic E-state index is 12.3. The first-order valence-electron chi connectivity index (χ1n) is 10.4. The molecule has 2 aliphatic carbocycles. The number of carboxylic acid groups (broad SMARTS) is 1. The maximum atomic E-state index is 12.3. The average molecular weight is 393 g/mol. The summed E-state index contributed by atoms with van der Waals surface area (Å²) in [6.45, 7) is 0.175. The van der Waals surface area contributed by atoms with Crippen LogP contribution in [0.5, 0.6) is 0 Å². The van der Waals surface area contributed by atoms with Crippen LogP contribution in [0, 0.1) is 5.92 Å². The number of hydrogen-bond donors (Lipinski definition) is 2. The van der Waals surface area contributed by atoms with E-state index in [1.165, 1.54) is 35.1 Å². The van der Waals surface area contributed by atoms with E-state index in [1.807, 2.05) is 24.3 Å². The molecule has 1 saturated carbocycles. The minimum atomic E-state index is -0.900. The van der Waals surface area contributed by atoms with E-state index in [0.29, 0.717) is 12.3 Å². The van der Waals surface area contributed by atoms with Gasteiger partial charge in [-0.1, -0.05) is 74.2 Å². The first-order valence-corrected chi connectivity index (χ1v) is 10.4. The van der Waals surface area contributed by atoms with Crippen LogP contribution in [0.15, 0.2) is 48.5 Å². The molecule has 5 nitrogen and oxygen atoms in total. The molecule has 5 heteroatoms. The number of esters is 1. The second-order valence-corrected chi connectivity index (χ2v) is 8.07. The van der Waals surface area contributed by atoms with Crippen molar-refractivity contribution in [3.05, 3.63) is 59.7 Å². The number of carboxylic acids is 1. The molecule has 4 rings (SSSR count). The number of carbonyl (C=O) groups is 2. The zero-order valence-corrected chi connectivity index (χ0v) is 16.5. The fraction of sp³-hybridized carbons (Fsp3) is 0.417. The van der Waals surface area contributed by atoms with Crippen LogP contribution in [-0.4, -0.2) is 36.2 Å². The summed E-state index contributed by atoms with van der Waals surface area (Å²) in [6, 6.07) is 15.7. The second-order valence-electron chi connectivity index (χ2n) is 8.07. The molecule has 0 aromatic heterocycles. The van der Waals surface area contributed by atoms with Gasteiger partial charge in [-0.05, 0) is 34.6 Å². The molecule has 0 bridgehead atoms. The molecule has 0 heterocycles. The second kappa shape index (κ2) is 8.78. The van der Waals surface area contributed by atoms with Crippen molar-refractivity contribution in [2.24, 2.45) is 5.92 Å². The van der Waals surface area contributed by atoms with Crippen molar-refractivity contribution in [3.8, 4) is 11.1 Å². The van der Waals surface area contributed by atoms with E-state index in [4.69, 9.17) is 4.74 Å². The fourth-order valence-corrected chi connectivity index (χ4v) is 4.72. The smallest absolute Gasteiger partial charge is 0.320 e. The molecule has 29 heavy (non-hydrogen) atoms. The molecule has 0 amide bonds. The minimum Gasteiger partial charge on any atom is -0.480 e. The van der Waals surface area contributed by atoms with Gasteiger partial charge in [0.15, 0.2) is 0 Å². The Balaban J connectivity index is 1.34. The van der Waals surface area contributed by atoms with Crippen molar-refractivity contribution in [1.29, 1.82) is 0 Å². The van der Waals surface area contributed by atoms with Gasteiger partial charge >= 0.3 is 11.9 Å². The Hall–Kier alpha value is -2.66. The van der Waals surface area contributed by atoms with Crippen molar-refractivity contribution in [2.45, 2.75) is 44.1 Å². The number of hydrogen-bond acceptors (Lipinski definition) is 4. The van der Waals surface area contributed by atoms with Gasteiger partial charge in [0, 0.05) is 5.92 Å². The zero-order valence-electron chi connectivity index (χ0n) is 16.5. The van der Waals surface area contributed by atoms with Crippen LogP contribution in [0.2, 0.25) is 0 Å². The molecule has 0 aliphatic heterocycles. The van der Waals surface area contributed by atoms with Crippen molar-refractivity contribution >= 4 is 11.9 Å². The first kappa shape index (κ1) is 19.6. The Morgan fingerprint density at radius 2 is 1.59 bits per heavy atom. The molecule has 2 aromatic carbocycles. The number of nitrogens with one attached hydrogen (secondary N) is 1. The number of rotatable bonds is 8. The highest BCUT2D eigenvalue weighted by atomic mass is 16.5. The SMILES string of the molecule is O=C(CNC(CC1CCCC1)C(=O)O)OCC1c2ccccc2-c2ccccc21. The van der Waals surface area contributed by atoms with E-state index in [1.54, 1.807) is 0 Å². The van der Waals surface area contributed by atoms with Gasteiger partial charge < -0.3 is 9.84 Å². The van der Waals surface area contributed by atoms with E-state index < -0.39 is 18.0 Å². The Kier molecular flexibility index (Phi) is 5.95. The third-order valence-corrected chi connectivity index (χ3v) is 6.21. The molecular formula is C24H27NO4. The van der Waals surface area contributed by atoms with Crippen LogP contribution >= 0.6 is 0 Å². The fourth-order valence-electron chi connectivity index (χ4n) is 4.72. The summed E-state index contributed by atoms with van der Waals surface area (Å²) in [6.07, 6.45) is 5.07. The van der Waals surface area contributed by atoms with Crippen LogP contribution in [-0.2, 0) is 14.3 Å². The summed E-state index contributed by atoms with van der Waals surface area (Å²) in [5, 5.41) is 12.3. The van der Waals surface area contributed by atoms with Gasteiger partial charge in [-0.15, -0.1) is 0 Å². The quantitative estimate of drug-likeness (QED) is 0.664. The number of carbonyl (C=O) groups excluding carboxylic acids is 1. The van der Waals surface area contributed by atoms with Gasteiger partial charge in [0.2, 0.25) is 0 Å². The summed E-state index contributed by atoms with van der Waals surface area (Å²) < 4.78 is 5.55. The molecule has 1 unspecified atom stereocenters. The van der Waals surface area contributed by atoms with Crippen LogP contribution in [0.25, 0.3) is 11.1 Å². The molecule has 0 radical (unpaired) electrons. The summed E-state index contributed by atoms with van der Waals surface area (Å²) in [4.78, 5) is 23.8. The van der Waals surface area contributed by atoms with E-state index in [2.05, 4.69) is 29.6 Å². The highest BCUT2D eigenvalue weighted by Gasteiger charge is 2.29. The average Bonchev–Trinajstić information content (AvgIpc) is 3.35. The minimum absolute atomic E-state index is 0.0140. The first-order chi connectivity index (χ1) is 14.1. The van der Waals surface area contributed by atoms with Crippen LogP contribution in [0.4, 0.5) is 0 Å². The lowest BCUT2D eigenvalue weighted by Gasteiger charge is -2.18. The standard InChI is InChI=1S/C24H27NO4/c26-23(14-25-22(24(27)28)13-16-7-1-2-8-16)29-15-21-19-11-5-3-9-17(19)18-10-4-6-12-20(18)21/h3-6,9-12,16,21-22,25H,1-2,7-8,13-15H2,(H,27,28). The van der Waals surface area contributed by atoms with Crippen LogP contribution in [0.3, 0.4) is 0 Å². The Morgan fingerprint density at radius 1 is 1.00 bits per heavy atom. The summed E-state index contributed by atoms with van der Waals surface area (Å²) in [7, 11) is 0. The normalized spacial score (nSPS) is 17.0. The van der Waals surface area contributed by atoms with Gasteiger partial charge in [0.25, 0.3) is 0 Å². The Morgan fingerprint density at radius 3 is 2.17 bits per heavy atom. The van der Waals surface area contributed by atoms with E-state index in [-0.39, 0.29) is 19.1 Å². The zero-order chi connectivity index (χ0) is 20.2. The Labute approximate surface area is 171 Å². The van der Waals surface area contributed by atoms with E-state index >= 15 is 0 Å². The van der Waals surface area contributed by atoms with Crippen LogP contribution < -0.4 is 5.32 Å². The van der Waals surface area contributed by atoms with Crippen LogP contribution in [0.1, 0.15) is 49.1 Å². The van der Waals surface area contributed by atoms with Gasteiger partial charge in [-0.25, -0.2) is 0 Å². The van der Waals surface area contributed by atoms with E-state index in [9.17, 15) is 14.7 Å². The highest BCUT2D eigenvalue weighted by Crippen LogP contribution is 2.44. The van der Waals surface area contributed by atoms with Crippen molar-refractivity contribution in [2.75, 3.05) is 13.2 Å². The highest BCUT2D eigenvalue weighted by molar-refractivity contribution is 5.79. The molecular weight excluding hydrogens is 366 g/mol. The summed E-state index contributed by atoms with van der Waals surface area (Å²) >= 11 is 0. The lowest BCUT2D eigenvalue weighted by Crippen LogP contribution is -2.41. The largest absolute Gasteiger partial charge is 0.480 e. The molecule has 1 atom stereocenters. The number of ether oxygens (including phenoxy) is 1. The van der Waals surface area contributed by atoms with Crippen molar-refractivity contribution < 1.29 is 19.4 Å². The van der Waals surface area contributed by atoms with E-state index in [0.717, 1.165) is 12.8 Å². The van der Waals surface area contributed by atoms with Gasteiger partial charge in [0.1, 0.15) is 12.6 Å². The third-order valence-electron chi connectivity index (χ3n) is 6.21. The molecule has 152 valence electrons. The lowest BCUT2D eigenvalue weighted by atomic mass is 9.98. The molecule has 2 N–H and O–H groups in total. The topological polar surface area (TPSA) is 75.6 Å². The summed E-state index contributed by atoms with van der Waals surface area (Å²) in [5.41, 5.74) is 4.70. The van der Waals surface area contributed by atoms with Crippen molar-refractivity contribution in [3.63, 3.8) is 0 Å². The predicted octanol–water partition coefficient (Wildman–Crippen LogP) is 3.97. The monoisotopic (exact) mass is 393 g/mol. The summed E-state index contributed by atoms with van der Waals surface area (Å²) in [5.74, 6) is -0.862. The number of fused-ring (bicyclic) bond motifs is 3. The molecule has 0 spiro atoms. The Bertz CT molecular complexity index is 842. The molecule has 2 aliphatic rings. The molecule has 0 saturated heterocycles. The number of aliphatic carboxylic acids is 1. The molecule has 1 fully saturated rings. The lowest BCUT2D eigenvalue weighted by molar-refractivity contribution is -0.144. The van der Waals surface area contributed by atoms with Gasteiger partial charge in [0.05, 0.1) is 6.54 Å². The van der Waals surface area contributed by atoms with Gasteiger partial charge in [-0.3, -0.25) is 14.9 Å². The van der Waals surface area contributed by atoms with Crippen molar-refractivity contribution in [1.82, 2.24) is 5.32 Å². The predicted molar refractivity (Wildman–Crippen MR) is 111 cm³/mol. The number of benzene rings is 2. The maximum Gasteiger partial charge on any atom is 0.320 e. The molecule has 2 aromatic rings. The van der Waals surface area contributed by atoms with Gasteiger partial charge in [-0.2, -0.15) is 0 Å². The third kappa shape index (κ3) is 4.35.